The van der Waals surface area contributed by atoms with E-state index >= 15 is 0 Å². The van der Waals surface area contributed by atoms with E-state index < -0.39 is 0 Å². The molecule has 0 spiro atoms. The Morgan fingerprint density at radius 3 is 2.21 bits per heavy atom. The number of carbonyl (C=O) groups is 2. The highest BCUT2D eigenvalue weighted by molar-refractivity contribution is 6.21. The number of amides is 2. The lowest BCUT2D eigenvalue weighted by Crippen LogP contribution is -2.30. The molecule has 0 atom stereocenters. The highest BCUT2D eigenvalue weighted by atomic mass is 16.5. The topological polar surface area (TPSA) is 46.6 Å². The third-order valence-electron chi connectivity index (χ3n) is 3.25. The van der Waals surface area contributed by atoms with Crippen LogP contribution < -0.4 is 0 Å². The predicted molar refractivity (Wildman–Crippen MR) is 72.2 cm³/mol. The predicted octanol–water partition coefficient (Wildman–Crippen LogP) is 2.49. The van der Waals surface area contributed by atoms with Crippen LogP contribution in [0.15, 0.2) is 24.3 Å². The third kappa shape index (κ3) is 3.01. The van der Waals surface area contributed by atoms with Crippen molar-refractivity contribution in [2.45, 2.75) is 26.2 Å². The van der Waals surface area contributed by atoms with Crippen molar-refractivity contribution in [2.75, 3.05) is 19.8 Å². The summed E-state index contributed by atoms with van der Waals surface area (Å²) in [7, 11) is 0. The summed E-state index contributed by atoms with van der Waals surface area (Å²) in [6.07, 6.45) is 2.77. The molecule has 0 unspecified atom stereocenters. The fourth-order valence-electron chi connectivity index (χ4n) is 2.24. The minimum Gasteiger partial charge on any atom is -0.382 e. The summed E-state index contributed by atoms with van der Waals surface area (Å²) in [5.41, 5.74) is 1.06. The van der Waals surface area contributed by atoms with Gasteiger partial charge in [-0.15, -0.1) is 0 Å². The van der Waals surface area contributed by atoms with Gasteiger partial charge in [0.25, 0.3) is 11.8 Å². The average Bonchev–Trinajstić information content (AvgIpc) is 2.68. The van der Waals surface area contributed by atoms with Crippen molar-refractivity contribution in [3.05, 3.63) is 35.4 Å². The van der Waals surface area contributed by atoms with Crippen LogP contribution in [0.5, 0.6) is 0 Å². The Hall–Kier alpha value is -1.68. The van der Waals surface area contributed by atoms with Gasteiger partial charge in [-0.1, -0.05) is 12.1 Å². The van der Waals surface area contributed by atoms with Crippen LogP contribution in [0, 0.1) is 0 Å². The maximum atomic E-state index is 12.1. The van der Waals surface area contributed by atoms with Crippen molar-refractivity contribution < 1.29 is 14.3 Å². The number of nitrogens with zero attached hydrogens (tertiary/aromatic N) is 1. The number of hydrogen-bond acceptors (Lipinski definition) is 3. The largest absolute Gasteiger partial charge is 0.382 e. The van der Waals surface area contributed by atoms with E-state index in [2.05, 4.69) is 0 Å². The molecule has 1 aromatic carbocycles. The Kier molecular flexibility index (Phi) is 4.68. The molecule has 0 aliphatic carbocycles. The van der Waals surface area contributed by atoms with E-state index in [4.69, 9.17) is 4.74 Å². The zero-order valence-electron chi connectivity index (χ0n) is 11.2. The molecule has 1 aliphatic heterocycles. The Morgan fingerprint density at radius 2 is 1.63 bits per heavy atom. The summed E-state index contributed by atoms with van der Waals surface area (Å²) in [4.78, 5) is 25.5. The van der Waals surface area contributed by atoms with Crippen LogP contribution in [0.3, 0.4) is 0 Å². The number of imide groups is 1. The molecule has 19 heavy (non-hydrogen) atoms. The van der Waals surface area contributed by atoms with E-state index in [1.807, 2.05) is 6.92 Å². The van der Waals surface area contributed by atoms with E-state index in [-0.39, 0.29) is 11.8 Å². The molecule has 0 saturated carbocycles. The molecule has 2 amide bonds. The lowest BCUT2D eigenvalue weighted by Gasteiger charge is -2.13. The van der Waals surface area contributed by atoms with Crippen LogP contribution in [-0.2, 0) is 4.74 Å². The molecule has 102 valence electrons. The second-order valence-electron chi connectivity index (χ2n) is 4.57. The molecular weight excluding hydrogens is 242 g/mol. The number of benzene rings is 1. The monoisotopic (exact) mass is 261 g/mol. The Balaban J connectivity index is 1.83. The number of unbranched alkanes of at least 4 members (excludes halogenated alkanes) is 2. The molecule has 0 N–H and O–H groups in total. The Bertz CT molecular complexity index is 435. The van der Waals surface area contributed by atoms with E-state index in [0.717, 1.165) is 32.5 Å². The minimum absolute atomic E-state index is 0.162. The van der Waals surface area contributed by atoms with Crippen molar-refractivity contribution >= 4 is 11.8 Å². The quantitative estimate of drug-likeness (QED) is 0.559. The maximum absolute atomic E-state index is 12.1. The first-order valence-electron chi connectivity index (χ1n) is 6.78. The first-order chi connectivity index (χ1) is 9.25. The summed E-state index contributed by atoms with van der Waals surface area (Å²) < 4.78 is 5.25. The average molecular weight is 261 g/mol. The maximum Gasteiger partial charge on any atom is 0.261 e. The van der Waals surface area contributed by atoms with Gasteiger partial charge < -0.3 is 4.74 Å². The van der Waals surface area contributed by atoms with Crippen molar-refractivity contribution in [3.63, 3.8) is 0 Å². The summed E-state index contributed by atoms with van der Waals surface area (Å²) in [5.74, 6) is -0.323. The van der Waals surface area contributed by atoms with Crippen molar-refractivity contribution in [1.29, 1.82) is 0 Å². The summed E-state index contributed by atoms with van der Waals surface area (Å²) in [6, 6.07) is 7.00. The molecule has 0 saturated heterocycles. The fourth-order valence-corrected chi connectivity index (χ4v) is 2.24. The van der Waals surface area contributed by atoms with Gasteiger partial charge in [-0.3, -0.25) is 14.5 Å². The molecule has 1 heterocycles. The number of hydrogen-bond donors (Lipinski definition) is 0. The van der Waals surface area contributed by atoms with Crippen LogP contribution in [0.1, 0.15) is 46.9 Å². The molecule has 0 bridgehead atoms. The molecule has 0 fully saturated rings. The molecule has 4 nitrogen and oxygen atoms in total. The third-order valence-corrected chi connectivity index (χ3v) is 3.25. The molecule has 4 heteroatoms. The number of rotatable bonds is 7. The van der Waals surface area contributed by atoms with Gasteiger partial charge in [0, 0.05) is 19.8 Å². The Labute approximate surface area is 113 Å². The second-order valence-corrected chi connectivity index (χ2v) is 4.57. The molecule has 0 aromatic heterocycles. The first kappa shape index (κ1) is 13.7. The highest BCUT2D eigenvalue weighted by Crippen LogP contribution is 2.22. The number of fused-ring (bicyclic) bond motifs is 1. The molecule has 1 aliphatic rings. The number of ether oxygens (including phenoxy) is 1. The Morgan fingerprint density at radius 1 is 1.00 bits per heavy atom. The van der Waals surface area contributed by atoms with E-state index in [0.29, 0.717) is 17.7 Å². The van der Waals surface area contributed by atoms with E-state index in [1.165, 1.54) is 4.90 Å². The van der Waals surface area contributed by atoms with Crippen LogP contribution in [-0.4, -0.2) is 36.5 Å². The normalized spacial score (nSPS) is 14.1. The standard InChI is InChI=1S/C15H19NO3/c1-2-19-11-7-3-6-10-16-14(17)12-8-4-5-9-13(12)15(16)18/h4-5,8-9H,2-3,6-7,10-11H2,1H3. The van der Waals surface area contributed by atoms with Gasteiger partial charge in [-0.05, 0) is 38.3 Å². The molecule has 1 aromatic rings. The van der Waals surface area contributed by atoms with Gasteiger partial charge in [0.2, 0.25) is 0 Å². The smallest absolute Gasteiger partial charge is 0.261 e. The molecule has 0 radical (unpaired) electrons. The van der Waals surface area contributed by atoms with Gasteiger partial charge in [-0.25, -0.2) is 0 Å². The lowest BCUT2D eigenvalue weighted by molar-refractivity contribution is 0.0650. The van der Waals surface area contributed by atoms with Crippen molar-refractivity contribution in [2.24, 2.45) is 0 Å². The van der Waals surface area contributed by atoms with E-state index in [9.17, 15) is 9.59 Å². The summed E-state index contributed by atoms with van der Waals surface area (Å²) in [6.45, 7) is 3.95. The van der Waals surface area contributed by atoms with Gasteiger partial charge in [-0.2, -0.15) is 0 Å². The van der Waals surface area contributed by atoms with E-state index in [1.54, 1.807) is 24.3 Å². The second kappa shape index (κ2) is 6.48. The van der Waals surface area contributed by atoms with Gasteiger partial charge in [0.05, 0.1) is 11.1 Å². The lowest BCUT2D eigenvalue weighted by atomic mass is 10.1. The van der Waals surface area contributed by atoms with Crippen LogP contribution >= 0.6 is 0 Å². The van der Waals surface area contributed by atoms with Crippen LogP contribution in [0.2, 0.25) is 0 Å². The minimum atomic E-state index is -0.162. The van der Waals surface area contributed by atoms with Crippen molar-refractivity contribution in [1.82, 2.24) is 4.90 Å². The summed E-state index contributed by atoms with van der Waals surface area (Å²) in [5, 5.41) is 0. The van der Waals surface area contributed by atoms with Gasteiger partial charge in [0.15, 0.2) is 0 Å². The van der Waals surface area contributed by atoms with Gasteiger partial charge >= 0.3 is 0 Å². The fraction of sp³-hybridized carbons (Fsp3) is 0.467. The van der Waals surface area contributed by atoms with Gasteiger partial charge in [0.1, 0.15) is 0 Å². The van der Waals surface area contributed by atoms with Crippen LogP contribution in [0.25, 0.3) is 0 Å². The van der Waals surface area contributed by atoms with Crippen molar-refractivity contribution in [3.8, 4) is 0 Å². The molecule has 2 rings (SSSR count). The summed E-state index contributed by atoms with van der Waals surface area (Å²) >= 11 is 0. The highest BCUT2D eigenvalue weighted by Gasteiger charge is 2.34. The zero-order chi connectivity index (χ0) is 13.7. The SMILES string of the molecule is CCOCCCCCN1C(=O)c2ccccc2C1=O. The molecular formula is C15H19NO3. The zero-order valence-corrected chi connectivity index (χ0v) is 11.2. The number of carbonyl (C=O) groups excluding carboxylic acids is 2. The first-order valence-corrected chi connectivity index (χ1v) is 6.78. The van der Waals surface area contributed by atoms with Crippen LogP contribution in [0.4, 0.5) is 0 Å².